The summed E-state index contributed by atoms with van der Waals surface area (Å²) in [6.45, 7) is 3.40. The third-order valence-electron chi connectivity index (χ3n) is 2.68. The first kappa shape index (κ1) is 13.0. The molecule has 2 aromatic rings. The molecule has 2 aromatic heterocycles. The van der Waals surface area contributed by atoms with E-state index in [2.05, 4.69) is 15.3 Å². The molecule has 2 rings (SSSR count). The minimum absolute atomic E-state index is 0.225. The molecule has 0 aliphatic carbocycles. The highest BCUT2D eigenvalue weighted by Gasteiger charge is 2.29. The monoisotopic (exact) mass is 287 g/mol. The van der Waals surface area contributed by atoms with Gasteiger partial charge in [0.25, 0.3) is 10.0 Å². The second-order valence-electron chi connectivity index (χ2n) is 3.82. The number of aryl methyl sites for hydroxylation is 2. The molecule has 0 amide bonds. The van der Waals surface area contributed by atoms with E-state index < -0.39 is 10.0 Å². The van der Waals surface area contributed by atoms with E-state index in [1.807, 2.05) is 0 Å². The molecule has 0 aliphatic heterocycles. The summed E-state index contributed by atoms with van der Waals surface area (Å²) in [5.41, 5.74) is 2.57. The molecule has 2 heterocycles. The minimum Gasteiger partial charge on any atom is -0.271 e. The van der Waals surface area contributed by atoms with Crippen molar-refractivity contribution in [2.24, 2.45) is 7.05 Å². The van der Waals surface area contributed by atoms with Crippen LogP contribution in [-0.2, 0) is 17.1 Å². The van der Waals surface area contributed by atoms with Crippen molar-refractivity contribution in [2.75, 3.05) is 11.4 Å². The zero-order chi connectivity index (χ0) is 13.5. The Morgan fingerprint density at radius 1 is 1.39 bits per heavy atom. The number of sulfonamides is 1. The third-order valence-corrected chi connectivity index (χ3v) is 5.56. The maximum Gasteiger partial charge on any atom is 0.269 e. The van der Waals surface area contributed by atoms with Gasteiger partial charge >= 0.3 is 0 Å². The fraction of sp³-hybridized carbons (Fsp3) is 0.444. The van der Waals surface area contributed by atoms with Crippen molar-refractivity contribution in [1.82, 2.24) is 20.0 Å². The summed E-state index contributed by atoms with van der Waals surface area (Å²) < 4.78 is 27.7. The van der Waals surface area contributed by atoms with Crippen LogP contribution in [0, 0.1) is 13.8 Å². The Labute approximate surface area is 109 Å². The molecule has 98 valence electrons. The second kappa shape index (κ2) is 4.32. The van der Waals surface area contributed by atoms with Crippen LogP contribution in [0.2, 0.25) is 0 Å². The van der Waals surface area contributed by atoms with Crippen LogP contribution in [0.1, 0.15) is 11.4 Å². The van der Waals surface area contributed by atoms with E-state index in [9.17, 15) is 8.42 Å². The van der Waals surface area contributed by atoms with Gasteiger partial charge in [-0.1, -0.05) is 11.3 Å². The summed E-state index contributed by atoms with van der Waals surface area (Å²) in [5.74, 6) is 0. The van der Waals surface area contributed by atoms with Gasteiger partial charge in [0.2, 0.25) is 5.13 Å². The van der Waals surface area contributed by atoms with Gasteiger partial charge in [0.15, 0.2) is 0 Å². The van der Waals surface area contributed by atoms with Gasteiger partial charge in [0.1, 0.15) is 10.4 Å². The Bertz CT molecular complexity index is 659. The summed E-state index contributed by atoms with van der Waals surface area (Å²) in [7, 11) is -0.470. The molecule has 0 saturated carbocycles. The maximum absolute atomic E-state index is 12.5. The average molecular weight is 287 g/mol. The van der Waals surface area contributed by atoms with Gasteiger partial charge in [-0.3, -0.25) is 4.68 Å². The molecule has 18 heavy (non-hydrogen) atoms. The smallest absolute Gasteiger partial charge is 0.269 e. The lowest BCUT2D eigenvalue weighted by atomic mass is 10.4. The first-order chi connectivity index (χ1) is 8.35. The number of anilines is 1. The number of nitrogens with zero attached hydrogens (tertiary/aromatic N) is 5. The van der Waals surface area contributed by atoms with Gasteiger partial charge < -0.3 is 0 Å². The molecule has 0 N–H and O–H groups in total. The SMILES string of the molecule is Cc1nn(C)c(C)c1S(=O)(=O)N(C)c1nncs1. The van der Waals surface area contributed by atoms with Crippen LogP contribution in [0.3, 0.4) is 0 Å². The fourth-order valence-electron chi connectivity index (χ4n) is 1.67. The molecule has 0 bridgehead atoms. The summed E-state index contributed by atoms with van der Waals surface area (Å²) >= 11 is 1.17. The molecule has 0 unspecified atom stereocenters. The highest BCUT2D eigenvalue weighted by atomic mass is 32.2. The number of aromatic nitrogens is 4. The molecule has 0 radical (unpaired) electrons. The van der Waals surface area contributed by atoms with Crippen molar-refractivity contribution >= 4 is 26.5 Å². The van der Waals surface area contributed by atoms with Crippen molar-refractivity contribution < 1.29 is 8.42 Å². The van der Waals surface area contributed by atoms with E-state index >= 15 is 0 Å². The summed E-state index contributed by atoms with van der Waals surface area (Å²) in [4.78, 5) is 0.225. The van der Waals surface area contributed by atoms with Crippen LogP contribution in [0.25, 0.3) is 0 Å². The van der Waals surface area contributed by atoms with Crippen LogP contribution in [0.4, 0.5) is 5.13 Å². The largest absolute Gasteiger partial charge is 0.271 e. The lowest BCUT2D eigenvalue weighted by Gasteiger charge is -2.15. The van der Waals surface area contributed by atoms with Crippen molar-refractivity contribution in [2.45, 2.75) is 18.7 Å². The van der Waals surface area contributed by atoms with E-state index in [1.165, 1.54) is 23.9 Å². The molecule has 0 saturated heterocycles. The lowest BCUT2D eigenvalue weighted by molar-refractivity contribution is 0.592. The fourth-order valence-corrected chi connectivity index (χ4v) is 3.96. The molecule has 7 nitrogen and oxygen atoms in total. The summed E-state index contributed by atoms with van der Waals surface area (Å²) in [6, 6.07) is 0. The van der Waals surface area contributed by atoms with Crippen LogP contribution in [0.15, 0.2) is 10.4 Å². The normalized spacial score (nSPS) is 11.8. The number of rotatable bonds is 3. The van der Waals surface area contributed by atoms with Gasteiger partial charge in [-0.2, -0.15) is 5.10 Å². The second-order valence-corrected chi connectivity index (χ2v) is 6.54. The number of hydrogen-bond acceptors (Lipinski definition) is 6. The Hall–Kier alpha value is -1.48. The van der Waals surface area contributed by atoms with Gasteiger partial charge in [0.05, 0.1) is 11.4 Å². The summed E-state index contributed by atoms with van der Waals surface area (Å²) in [5, 5.41) is 11.9. The first-order valence-electron chi connectivity index (χ1n) is 5.11. The molecule has 0 aliphatic rings. The Morgan fingerprint density at radius 3 is 2.50 bits per heavy atom. The molecular weight excluding hydrogens is 274 g/mol. The van der Waals surface area contributed by atoms with Crippen LogP contribution in [-0.4, -0.2) is 35.4 Å². The molecule has 0 atom stereocenters. The van der Waals surface area contributed by atoms with Crippen molar-refractivity contribution in [3.8, 4) is 0 Å². The van der Waals surface area contributed by atoms with E-state index in [4.69, 9.17) is 0 Å². The third kappa shape index (κ3) is 1.89. The molecule has 9 heteroatoms. The van der Waals surface area contributed by atoms with Crippen LogP contribution >= 0.6 is 11.3 Å². The van der Waals surface area contributed by atoms with E-state index in [1.54, 1.807) is 25.6 Å². The molecular formula is C9H13N5O2S2. The van der Waals surface area contributed by atoms with Crippen molar-refractivity contribution in [3.63, 3.8) is 0 Å². The summed E-state index contributed by atoms with van der Waals surface area (Å²) in [6.07, 6.45) is 0. The predicted octanol–water partition coefficient (Wildman–Crippen LogP) is 0.714. The quantitative estimate of drug-likeness (QED) is 0.830. The van der Waals surface area contributed by atoms with Crippen molar-refractivity contribution in [1.29, 1.82) is 0 Å². The van der Waals surface area contributed by atoms with Crippen LogP contribution < -0.4 is 4.31 Å². The highest BCUT2D eigenvalue weighted by molar-refractivity contribution is 7.93. The van der Waals surface area contributed by atoms with E-state index in [0.717, 1.165) is 4.31 Å². The first-order valence-corrected chi connectivity index (χ1v) is 7.43. The zero-order valence-corrected chi connectivity index (χ0v) is 12.1. The van der Waals surface area contributed by atoms with Crippen molar-refractivity contribution in [3.05, 3.63) is 16.9 Å². The van der Waals surface area contributed by atoms with Gasteiger partial charge in [-0.25, -0.2) is 12.7 Å². The highest BCUT2D eigenvalue weighted by Crippen LogP contribution is 2.26. The molecule has 0 spiro atoms. The van der Waals surface area contributed by atoms with E-state index in [0.29, 0.717) is 16.5 Å². The Balaban J connectivity index is 2.55. The van der Waals surface area contributed by atoms with Gasteiger partial charge in [-0.15, -0.1) is 10.2 Å². The number of hydrogen-bond donors (Lipinski definition) is 0. The topological polar surface area (TPSA) is 81.0 Å². The van der Waals surface area contributed by atoms with Gasteiger partial charge in [0, 0.05) is 14.1 Å². The maximum atomic E-state index is 12.5. The van der Waals surface area contributed by atoms with Crippen LogP contribution in [0.5, 0.6) is 0 Å². The minimum atomic E-state index is -3.64. The molecule has 0 aromatic carbocycles. The Kier molecular flexibility index (Phi) is 3.11. The standard InChI is InChI=1S/C9H13N5O2S2/c1-6-8(7(2)13(3)12-6)18(15,16)14(4)9-11-10-5-17-9/h5H,1-4H3. The van der Waals surface area contributed by atoms with E-state index in [-0.39, 0.29) is 4.90 Å². The molecule has 0 fully saturated rings. The Morgan fingerprint density at radius 2 is 2.06 bits per heavy atom. The van der Waals surface area contributed by atoms with Gasteiger partial charge in [-0.05, 0) is 13.8 Å². The predicted molar refractivity (Wildman–Crippen MR) is 68.2 cm³/mol. The average Bonchev–Trinajstić information content (AvgIpc) is 2.87. The zero-order valence-electron chi connectivity index (χ0n) is 10.4. The lowest BCUT2D eigenvalue weighted by Crippen LogP contribution is -2.27.